The summed E-state index contributed by atoms with van der Waals surface area (Å²) in [7, 11) is -1.90. The van der Waals surface area contributed by atoms with Crippen molar-refractivity contribution in [3.8, 4) is 0 Å². The number of nitrogen functional groups attached to an aromatic ring is 1. The summed E-state index contributed by atoms with van der Waals surface area (Å²) in [5, 5.41) is 0.405. The molecule has 1 spiro atoms. The van der Waals surface area contributed by atoms with Gasteiger partial charge in [0.15, 0.2) is 25.3 Å². The fourth-order valence-electron chi connectivity index (χ4n) is 3.77. The van der Waals surface area contributed by atoms with Gasteiger partial charge in [0, 0.05) is 0 Å². The number of anilines is 1. The lowest BCUT2D eigenvalue weighted by Crippen LogP contribution is -2.49. The Labute approximate surface area is 171 Å². The minimum atomic E-state index is -1.90. The molecule has 1 saturated carbocycles. The smallest absolute Gasteiger partial charge is 0.223 e. The van der Waals surface area contributed by atoms with Crippen molar-refractivity contribution in [3.63, 3.8) is 0 Å². The van der Waals surface area contributed by atoms with E-state index in [2.05, 4.69) is 61.0 Å². The predicted octanol–water partition coefficient (Wildman–Crippen LogP) is 4.46. The Bertz CT molecular complexity index is 938. The molecule has 1 fully saturated rings. The maximum atomic E-state index is 6.76. The molecule has 4 rings (SSSR count). The molecular formula is C19H28ClN5O2Si. The highest BCUT2D eigenvalue weighted by Gasteiger charge is 2.51. The number of fused-ring (bicyclic) bond motifs is 1. The van der Waals surface area contributed by atoms with Gasteiger partial charge < -0.3 is 14.9 Å². The van der Waals surface area contributed by atoms with Gasteiger partial charge in [0.1, 0.15) is 11.1 Å². The summed E-state index contributed by atoms with van der Waals surface area (Å²) >= 11 is 6.16. The van der Waals surface area contributed by atoms with E-state index in [1.807, 2.05) is 4.57 Å². The summed E-state index contributed by atoms with van der Waals surface area (Å²) in [6.07, 6.45) is 8.69. The summed E-state index contributed by atoms with van der Waals surface area (Å²) in [4.78, 5) is 12.6. The lowest BCUT2D eigenvalue weighted by atomic mass is 10.0. The number of nitrogens with two attached hydrogens (primary N) is 1. The molecule has 28 heavy (non-hydrogen) atoms. The van der Waals surface area contributed by atoms with Gasteiger partial charge in [-0.05, 0) is 49.5 Å². The van der Waals surface area contributed by atoms with E-state index >= 15 is 0 Å². The molecular weight excluding hydrogens is 394 g/mol. The van der Waals surface area contributed by atoms with Crippen molar-refractivity contribution in [2.45, 2.75) is 76.1 Å². The molecule has 0 unspecified atom stereocenters. The summed E-state index contributed by atoms with van der Waals surface area (Å²) < 4.78 is 15.2. The molecule has 7 nitrogen and oxygen atoms in total. The molecule has 2 aromatic heterocycles. The lowest BCUT2D eigenvalue weighted by molar-refractivity contribution is -0.0995. The third-order valence-electron chi connectivity index (χ3n) is 6.38. The van der Waals surface area contributed by atoms with E-state index in [9.17, 15) is 0 Å². The normalized spacial score (nSPS) is 28.1. The molecule has 0 saturated heterocycles. The van der Waals surface area contributed by atoms with Crippen molar-refractivity contribution in [2.24, 2.45) is 0 Å². The van der Waals surface area contributed by atoms with Crippen molar-refractivity contribution in [1.82, 2.24) is 19.5 Å². The van der Waals surface area contributed by atoms with E-state index in [0.717, 1.165) is 19.3 Å². The zero-order valence-corrected chi connectivity index (χ0v) is 18.8. The van der Waals surface area contributed by atoms with Crippen molar-refractivity contribution in [2.75, 3.05) is 5.73 Å². The predicted molar refractivity (Wildman–Crippen MR) is 113 cm³/mol. The Morgan fingerprint density at radius 1 is 1.36 bits per heavy atom. The van der Waals surface area contributed by atoms with Gasteiger partial charge in [-0.1, -0.05) is 32.4 Å². The number of ether oxygens (including phenoxy) is 1. The minimum absolute atomic E-state index is 0.0627. The fourth-order valence-corrected chi connectivity index (χ4v) is 5.37. The third-order valence-corrected chi connectivity index (χ3v) is 11.1. The van der Waals surface area contributed by atoms with E-state index in [0.29, 0.717) is 11.2 Å². The topological polar surface area (TPSA) is 88.1 Å². The number of imidazole rings is 1. The van der Waals surface area contributed by atoms with E-state index in [1.54, 1.807) is 6.33 Å². The summed E-state index contributed by atoms with van der Waals surface area (Å²) in [6.45, 7) is 11.4. The SMILES string of the molecule is CC(C)(C)[Si](C)(C)O[C@@H]1CCC[C@]12C=C[C@H](n1cnc3c(Cl)nc(N)nc31)O2. The average Bonchev–Trinajstić information content (AvgIpc) is 3.26. The lowest BCUT2D eigenvalue weighted by Gasteiger charge is -2.42. The molecule has 2 N–H and O–H groups in total. The Morgan fingerprint density at radius 2 is 2.11 bits per heavy atom. The van der Waals surface area contributed by atoms with Gasteiger partial charge in [-0.3, -0.25) is 4.57 Å². The first-order valence-corrected chi connectivity index (χ1v) is 13.0. The highest BCUT2D eigenvalue weighted by atomic mass is 35.5. The van der Waals surface area contributed by atoms with Gasteiger partial charge in [-0.25, -0.2) is 4.98 Å². The van der Waals surface area contributed by atoms with Crippen molar-refractivity contribution in [1.29, 1.82) is 0 Å². The Balaban J connectivity index is 1.61. The summed E-state index contributed by atoms with van der Waals surface area (Å²) in [5.74, 6) is 0.121. The number of halogens is 1. The molecule has 3 atom stereocenters. The van der Waals surface area contributed by atoms with E-state index in [-0.39, 0.29) is 28.5 Å². The number of rotatable bonds is 3. The molecule has 0 aromatic carbocycles. The molecule has 0 radical (unpaired) electrons. The first-order valence-electron chi connectivity index (χ1n) is 9.73. The second-order valence-corrected chi connectivity index (χ2v) is 14.4. The van der Waals surface area contributed by atoms with Gasteiger partial charge in [-0.15, -0.1) is 0 Å². The summed E-state index contributed by atoms with van der Waals surface area (Å²) in [6, 6.07) is 0. The van der Waals surface area contributed by atoms with Crippen LogP contribution >= 0.6 is 11.6 Å². The molecule has 2 aliphatic rings. The van der Waals surface area contributed by atoms with Crippen LogP contribution in [0, 0.1) is 0 Å². The molecule has 0 amide bonds. The molecule has 9 heteroatoms. The van der Waals surface area contributed by atoms with Gasteiger partial charge >= 0.3 is 0 Å². The molecule has 1 aliphatic heterocycles. The molecule has 152 valence electrons. The van der Waals surface area contributed by atoms with Crippen LogP contribution in [0.4, 0.5) is 5.95 Å². The van der Waals surface area contributed by atoms with E-state index < -0.39 is 13.9 Å². The van der Waals surface area contributed by atoms with Crippen molar-refractivity contribution in [3.05, 3.63) is 23.6 Å². The number of hydrogen-bond donors (Lipinski definition) is 1. The number of nitrogens with zero attached hydrogens (tertiary/aromatic N) is 4. The molecule has 2 aromatic rings. The van der Waals surface area contributed by atoms with Crippen LogP contribution < -0.4 is 5.73 Å². The van der Waals surface area contributed by atoms with Crippen LogP contribution in [0.3, 0.4) is 0 Å². The molecule has 3 heterocycles. The average molecular weight is 422 g/mol. The van der Waals surface area contributed by atoms with Crippen molar-refractivity contribution >= 4 is 37.0 Å². The third kappa shape index (κ3) is 3.16. The van der Waals surface area contributed by atoms with E-state index in [1.165, 1.54) is 0 Å². The highest BCUT2D eigenvalue weighted by Crippen LogP contribution is 2.47. The zero-order valence-electron chi connectivity index (χ0n) is 17.1. The van der Waals surface area contributed by atoms with Crippen LogP contribution in [0.15, 0.2) is 18.5 Å². The largest absolute Gasteiger partial charge is 0.411 e. The molecule has 1 aliphatic carbocycles. The standard InChI is InChI=1S/C19H28ClN5O2Si/c1-18(2,3)28(4,5)27-12-7-6-9-19(12)10-8-13(26-19)25-11-22-14-15(20)23-17(21)24-16(14)25/h8,10-13H,6-7,9H2,1-5H3,(H2,21,23,24)/t12-,13-,19+/m1/s1. The van der Waals surface area contributed by atoms with Crippen LogP contribution in [0.2, 0.25) is 23.3 Å². The van der Waals surface area contributed by atoms with Crippen LogP contribution in [-0.4, -0.2) is 39.5 Å². The zero-order chi connectivity index (χ0) is 20.3. The van der Waals surface area contributed by atoms with Crippen molar-refractivity contribution < 1.29 is 9.16 Å². The van der Waals surface area contributed by atoms with Crippen LogP contribution in [-0.2, 0) is 9.16 Å². The monoisotopic (exact) mass is 421 g/mol. The van der Waals surface area contributed by atoms with Gasteiger partial charge in [0.05, 0.1) is 12.4 Å². The Kier molecular flexibility index (Phi) is 4.61. The maximum Gasteiger partial charge on any atom is 0.223 e. The van der Waals surface area contributed by atoms with Gasteiger partial charge in [0.2, 0.25) is 5.95 Å². The Morgan fingerprint density at radius 3 is 2.82 bits per heavy atom. The van der Waals surface area contributed by atoms with Gasteiger partial charge in [-0.2, -0.15) is 9.97 Å². The van der Waals surface area contributed by atoms with Crippen LogP contribution in [0.5, 0.6) is 0 Å². The summed E-state index contributed by atoms with van der Waals surface area (Å²) in [5.41, 5.74) is 6.47. The van der Waals surface area contributed by atoms with Crippen LogP contribution in [0.1, 0.15) is 46.3 Å². The highest BCUT2D eigenvalue weighted by molar-refractivity contribution is 6.74. The van der Waals surface area contributed by atoms with Crippen LogP contribution in [0.25, 0.3) is 11.2 Å². The first kappa shape index (κ1) is 19.8. The van der Waals surface area contributed by atoms with E-state index in [4.69, 9.17) is 26.5 Å². The van der Waals surface area contributed by atoms with Gasteiger partial charge in [0.25, 0.3) is 0 Å². The second kappa shape index (κ2) is 6.52. The quantitative estimate of drug-likeness (QED) is 0.447. The minimum Gasteiger partial charge on any atom is -0.411 e. The number of hydrogen-bond acceptors (Lipinski definition) is 6. The second-order valence-electron chi connectivity index (χ2n) is 9.28. The Hall–Kier alpha value is -1.48. The number of aromatic nitrogens is 4. The fraction of sp³-hybridized carbons (Fsp3) is 0.632. The first-order chi connectivity index (χ1) is 13.0. The molecule has 0 bridgehead atoms. The maximum absolute atomic E-state index is 6.76.